The van der Waals surface area contributed by atoms with Gasteiger partial charge in [-0.1, -0.05) is 39.2 Å². The maximum atomic E-state index is 12.4. The van der Waals surface area contributed by atoms with Crippen LogP contribution in [0.25, 0.3) is 10.4 Å². The lowest BCUT2D eigenvalue weighted by molar-refractivity contribution is 0.0158. The standard InChI is InChI=1S/C16H16BrN5O5/c17-10-13(19-20-18)22-14(23)6-7-21(16(22)25)11-26-8-9-27-15(24)12-4-2-1-3-5-12/h1-7,13H,8-11H2/t13-/m1/s1. The third-order valence-electron chi connectivity index (χ3n) is 3.41. The molecule has 10 nitrogen and oxygen atoms in total. The maximum absolute atomic E-state index is 12.4. The summed E-state index contributed by atoms with van der Waals surface area (Å²) < 4.78 is 12.3. The molecule has 0 aliphatic carbocycles. The minimum atomic E-state index is -0.991. The van der Waals surface area contributed by atoms with E-state index in [4.69, 9.17) is 15.0 Å². The SMILES string of the molecule is [N-]=[N+]=N[C@@H](CBr)n1c(=O)ccn(COCCOC(=O)c2ccccc2)c1=O. The highest BCUT2D eigenvalue weighted by Crippen LogP contribution is 2.06. The summed E-state index contributed by atoms with van der Waals surface area (Å²) in [6.07, 6.45) is 0.285. The van der Waals surface area contributed by atoms with E-state index in [-0.39, 0.29) is 25.3 Å². The molecule has 0 aliphatic heterocycles. The van der Waals surface area contributed by atoms with Crippen molar-refractivity contribution < 1.29 is 14.3 Å². The van der Waals surface area contributed by atoms with E-state index in [2.05, 4.69) is 26.0 Å². The van der Waals surface area contributed by atoms with Crippen molar-refractivity contribution in [2.24, 2.45) is 5.11 Å². The van der Waals surface area contributed by atoms with Crippen LogP contribution in [0.3, 0.4) is 0 Å². The summed E-state index contributed by atoms with van der Waals surface area (Å²) in [7, 11) is 0. The molecular formula is C16H16BrN5O5. The molecule has 142 valence electrons. The van der Waals surface area contributed by atoms with E-state index in [0.29, 0.717) is 5.56 Å². The summed E-state index contributed by atoms with van der Waals surface area (Å²) >= 11 is 3.10. The molecule has 0 N–H and O–H groups in total. The number of benzene rings is 1. The third kappa shape index (κ3) is 5.55. The minimum Gasteiger partial charge on any atom is -0.460 e. The van der Waals surface area contributed by atoms with E-state index < -0.39 is 23.4 Å². The van der Waals surface area contributed by atoms with Crippen molar-refractivity contribution >= 4 is 21.9 Å². The normalized spacial score (nSPS) is 11.4. The Hall–Kier alpha value is -2.88. The van der Waals surface area contributed by atoms with E-state index in [1.54, 1.807) is 30.3 Å². The first-order chi connectivity index (χ1) is 13.1. The largest absolute Gasteiger partial charge is 0.460 e. The molecule has 0 radical (unpaired) electrons. The highest BCUT2D eigenvalue weighted by atomic mass is 79.9. The zero-order chi connectivity index (χ0) is 19.6. The second-order valence-corrected chi connectivity index (χ2v) is 5.80. The molecule has 1 aromatic carbocycles. The average Bonchev–Trinajstić information content (AvgIpc) is 2.69. The Morgan fingerprint density at radius 3 is 2.63 bits per heavy atom. The van der Waals surface area contributed by atoms with Crippen molar-refractivity contribution in [2.45, 2.75) is 12.9 Å². The number of esters is 1. The van der Waals surface area contributed by atoms with Crippen LogP contribution < -0.4 is 11.2 Å². The van der Waals surface area contributed by atoms with Gasteiger partial charge in [-0.15, -0.1) is 0 Å². The predicted molar refractivity (Wildman–Crippen MR) is 99.6 cm³/mol. The molecule has 0 aliphatic rings. The molecule has 1 aromatic heterocycles. The van der Waals surface area contributed by atoms with Crippen molar-refractivity contribution in [3.05, 3.63) is 79.4 Å². The molecular weight excluding hydrogens is 422 g/mol. The Kier molecular flexibility index (Phi) is 7.80. The van der Waals surface area contributed by atoms with Gasteiger partial charge in [-0.2, -0.15) is 0 Å². The van der Waals surface area contributed by atoms with Gasteiger partial charge in [0.05, 0.1) is 12.2 Å². The molecule has 2 aromatic rings. The van der Waals surface area contributed by atoms with Gasteiger partial charge in [-0.25, -0.2) is 9.59 Å². The van der Waals surface area contributed by atoms with Crippen LogP contribution in [-0.2, 0) is 16.2 Å². The van der Waals surface area contributed by atoms with Gasteiger partial charge in [0.1, 0.15) is 19.5 Å². The number of carbonyl (C=O) groups is 1. The fourth-order valence-electron chi connectivity index (χ4n) is 2.13. The van der Waals surface area contributed by atoms with E-state index in [0.717, 1.165) is 9.13 Å². The Morgan fingerprint density at radius 1 is 1.22 bits per heavy atom. The van der Waals surface area contributed by atoms with Gasteiger partial charge in [-0.05, 0) is 17.7 Å². The van der Waals surface area contributed by atoms with Gasteiger partial charge in [-0.3, -0.25) is 13.9 Å². The number of carbonyl (C=O) groups excluding carboxylic acids is 1. The van der Waals surface area contributed by atoms with Crippen LogP contribution in [0.1, 0.15) is 16.5 Å². The summed E-state index contributed by atoms with van der Waals surface area (Å²) in [5, 5.41) is 3.52. The number of aromatic nitrogens is 2. The van der Waals surface area contributed by atoms with Gasteiger partial charge in [0.2, 0.25) is 0 Å². The van der Waals surface area contributed by atoms with Crippen molar-refractivity contribution in [1.29, 1.82) is 0 Å². The molecule has 27 heavy (non-hydrogen) atoms. The lowest BCUT2D eigenvalue weighted by Crippen LogP contribution is -2.41. The molecule has 0 saturated heterocycles. The van der Waals surface area contributed by atoms with Crippen molar-refractivity contribution in [2.75, 3.05) is 18.5 Å². The average molecular weight is 438 g/mol. The summed E-state index contributed by atoms with van der Waals surface area (Å²) in [5.41, 5.74) is 7.71. The van der Waals surface area contributed by atoms with E-state index in [9.17, 15) is 14.4 Å². The number of azide groups is 1. The van der Waals surface area contributed by atoms with Crippen molar-refractivity contribution in [3.63, 3.8) is 0 Å². The molecule has 1 heterocycles. The van der Waals surface area contributed by atoms with Crippen LogP contribution in [0, 0.1) is 0 Å². The van der Waals surface area contributed by atoms with E-state index in [1.165, 1.54) is 12.3 Å². The molecule has 0 unspecified atom stereocenters. The number of rotatable bonds is 9. The predicted octanol–water partition coefficient (Wildman–Crippen LogP) is 2.04. The summed E-state index contributed by atoms with van der Waals surface area (Å²) in [6.45, 7) is -0.0967. The van der Waals surface area contributed by atoms with Crippen molar-refractivity contribution in [3.8, 4) is 0 Å². The number of hydrogen-bond donors (Lipinski definition) is 0. The lowest BCUT2D eigenvalue weighted by atomic mass is 10.2. The van der Waals surface area contributed by atoms with Crippen LogP contribution in [0.15, 0.2) is 57.3 Å². The first kappa shape index (κ1) is 20.4. The number of nitrogens with zero attached hydrogens (tertiary/aromatic N) is 5. The summed E-state index contributed by atoms with van der Waals surface area (Å²) in [4.78, 5) is 38.7. The number of hydrogen-bond acceptors (Lipinski definition) is 6. The van der Waals surface area contributed by atoms with Gasteiger partial charge in [0.25, 0.3) is 5.56 Å². The van der Waals surface area contributed by atoms with Crippen LogP contribution in [0.5, 0.6) is 0 Å². The van der Waals surface area contributed by atoms with Crippen LogP contribution >= 0.6 is 15.9 Å². The van der Waals surface area contributed by atoms with Gasteiger partial charge < -0.3 is 9.47 Å². The number of ether oxygens (including phenoxy) is 2. The van der Waals surface area contributed by atoms with Crippen LogP contribution in [0.2, 0.25) is 0 Å². The summed E-state index contributed by atoms with van der Waals surface area (Å²) in [5.74, 6) is -0.473. The molecule has 0 fully saturated rings. The van der Waals surface area contributed by atoms with Gasteiger partial charge >= 0.3 is 11.7 Å². The summed E-state index contributed by atoms with van der Waals surface area (Å²) in [6, 6.07) is 9.68. The molecule has 0 bridgehead atoms. The Bertz CT molecular complexity index is 936. The third-order valence-corrected chi connectivity index (χ3v) is 3.99. The quantitative estimate of drug-likeness (QED) is 0.148. The number of alkyl halides is 1. The lowest BCUT2D eigenvalue weighted by Gasteiger charge is -2.13. The fraction of sp³-hybridized carbons (Fsp3) is 0.312. The first-order valence-corrected chi connectivity index (χ1v) is 8.92. The maximum Gasteiger partial charge on any atom is 0.338 e. The first-order valence-electron chi connectivity index (χ1n) is 7.80. The Labute approximate surface area is 161 Å². The second-order valence-electron chi connectivity index (χ2n) is 5.16. The second kappa shape index (κ2) is 10.3. The molecule has 1 atom stereocenters. The molecule has 0 saturated carbocycles. The van der Waals surface area contributed by atoms with Gasteiger partial charge in [0.15, 0.2) is 0 Å². The fourth-order valence-corrected chi connectivity index (χ4v) is 2.55. The number of halogens is 1. The zero-order valence-corrected chi connectivity index (χ0v) is 15.7. The monoisotopic (exact) mass is 437 g/mol. The van der Waals surface area contributed by atoms with Crippen molar-refractivity contribution in [1.82, 2.24) is 9.13 Å². The topological polar surface area (TPSA) is 128 Å². The van der Waals surface area contributed by atoms with Crippen LogP contribution in [-0.4, -0.2) is 33.6 Å². The Balaban J connectivity index is 1.93. The van der Waals surface area contributed by atoms with Gasteiger partial charge in [0, 0.05) is 22.5 Å². The molecule has 0 spiro atoms. The zero-order valence-electron chi connectivity index (χ0n) is 14.1. The molecule has 0 amide bonds. The van der Waals surface area contributed by atoms with E-state index >= 15 is 0 Å². The highest BCUT2D eigenvalue weighted by Gasteiger charge is 2.14. The smallest absolute Gasteiger partial charge is 0.338 e. The van der Waals surface area contributed by atoms with Crippen LogP contribution in [0.4, 0.5) is 0 Å². The molecule has 2 rings (SSSR count). The molecule has 11 heteroatoms. The minimum absolute atomic E-state index is 0.00483. The van der Waals surface area contributed by atoms with E-state index in [1.807, 2.05) is 0 Å². The Morgan fingerprint density at radius 2 is 1.96 bits per heavy atom. The highest BCUT2D eigenvalue weighted by molar-refractivity contribution is 9.09.